The fraction of sp³-hybridized carbons (Fsp3) is 0.500. The third-order valence-corrected chi connectivity index (χ3v) is 5.64. The molecule has 1 aromatic carbocycles. The summed E-state index contributed by atoms with van der Waals surface area (Å²) < 4.78 is 7.71. The van der Waals surface area contributed by atoms with Gasteiger partial charge in [0.2, 0.25) is 5.91 Å². The predicted octanol–water partition coefficient (Wildman–Crippen LogP) is 2.92. The van der Waals surface area contributed by atoms with Crippen LogP contribution in [0.25, 0.3) is 0 Å². The lowest BCUT2D eigenvalue weighted by Gasteiger charge is -2.57. The molecule has 1 heterocycles. The maximum absolute atomic E-state index is 12.7. The standard InChI is InChI=1S/C20H28N4O2.2ClH/c1-4-26-17-11-20(21,19(17,2)3)18(25)23-12-15-5-7-16(8-6-15)13-24-10-9-22-14-24;;/h5-10,14,17H,4,11-13,21H2,1-3H3,(H,23,25);2*1H. The van der Waals surface area contributed by atoms with Crippen molar-refractivity contribution in [2.75, 3.05) is 6.61 Å². The van der Waals surface area contributed by atoms with E-state index in [2.05, 4.69) is 22.4 Å². The Labute approximate surface area is 179 Å². The van der Waals surface area contributed by atoms with E-state index in [-0.39, 0.29) is 42.2 Å². The van der Waals surface area contributed by atoms with Crippen LogP contribution < -0.4 is 11.1 Å². The molecule has 2 atom stereocenters. The number of nitrogens with one attached hydrogen (secondary N) is 1. The van der Waals surface area contributed by atoms with E-state index in [1.165, 1.54) is 5.56 Å². The molecular formula is C20H30Cl2N4O2. The monoisotopic (exact) mass is 428 g/mol. The van der Waals surface area contributed by atoms with E-state index in [0.29, 0.717) is 19.6 Å². The van der Waals surface area contributed by atoms with Crippen LogP contribution in [0.4, 0.5) is 0 Å². The maximum Gasteiger partial charge on any atom is 0.241 e. The van der Waals surface area contributed by atoms with Gasteiger partial charge >= 0.3 is 0 Å². The van der Waals surface area contributed by atoms with Gasteiger partial charge in [0.05, 0.1) is 12.4 Å². The van der Waals surface area contributed by atoms with Gasteiger partial charge in [-0.05, 0) is 18.1 Å². The summed E-state index contributed by atoms with van der Waals surface area (Å²) in [6.45, 7) is 7.85. The van der Waals surface area contributed by atoms with Gasteiger partial charge in [-0.1, -0.05) is 38.1 Å². The molecule has 1 saturated carbocycles. The number of amides is 1. The van der Waals surface area contributed by atoms with E-state index in [4.69, 9.17) is 10.5 Å². The summed E-state index contributed by atoms with van der Waals surface area (Å²) >= 11 is 0. The highest BCUT2D eigenvalue weighted by Gasteiger charge is 2.62. The fourth-order valence-corrected chi connectivity index (χ4v) is 3.51. The molecule has 1 aromatic heterocycles. The molecule has 156 valence electrons. The van der Waals surface area contributed by atoms with Crippen LogP contribution in [0, 0.1) is 5.41 Å². The molecule has 1 fully saturated rings. The summed E-state index contributed by atoms with van der Waals surface area (Å²) in [6.07, 6.45) is 6.09. The highest BCUT2D eigenvalue weighted by molar-refractivity contribution is 5.88. The van der Waals surface area contributed by atoms with Gasteiger partial charge in [-0.15, -0.1) is 24.8 Å². The number of imidazole rings is 1. The predicted molar refractivity (Wildman–Crippen MR) is 115 cm³/mol. The van der Waals surface area contributed by atoms with Gasteiger partial charge in [-0.2, -0.15) is 0 Å². The minimum atomic E-state index is -0.881. The number of carbonyl (C=O) groups excluding carboxylic acids is 1. The number of aromatic nitrogens is 2. The Morgan fingerprint density at radius 2 is 1.93 bits per heavy atom. The van der Waals surface area contributed by atoms with Crippen molar-refractivity contribution < 1.29 is 9.53 Å². The minimum Gasteiger partial charge on any atom is -0.378 e. The van der Waals surface area contributed by atoms with Crippen LogP contribution >= 0.6 is 24.8 Å². The summed E-state index contributed by atoms with van der Waals surface area (Å²) in [7, 11) is 0. The molecule has 8 heteroatoms. The number of hydrogen-bond acceptors (Lipinski definition) is 4. The number of nitrogens with two attached hydrogens (primary N) is 1. The van der Waals surface area contributed by atoms with Gasteiger partial charge in [-0.25, -0.2) is 4.98 Å². The van der Waals surface area contributed by atoms with Crippen LogP contribution in [-0.4, -0.2) is 33.7 Å². The van der Waals surface area contributed by atoms with E-state index < -0.39 is 5.54 Å². The van der Waals surface area contributed by atoms with E-state index in [0.717, 1.165) is 12.1 Å². The lowest BCUT2D eigenvalue weighted by Crippen LogP contribution is -2.75. The topological polar surface area (TPSA) is 82.2 Å². The highest BCUT2D eigenvalue weighted by Crippen LogP contribution is 2.49. The summed E-state index contributed by atoms with van der Waals surface area (Å²) in [5.41, 5.74) is 7.39. The molecule has 0 spiro atoms. The van der Waals surface area contributed by atoms with E-state index in [1.54, 1.807) is 12.5 Å². The van der Waals surface area contributed by atoms with Crippen molar-refractivity contribution >= 4 is 30.7 Å². The van der Waals surface area contributed by atoms with Crippen LogP contribution in [0.1, 0.15) is 38.3 Å². The lowest BCUT2D eigenvalue weighted by atomic mass is 9.54. The Hall–Kier alpha value is -1.60. The Balaban J connectivity index is 0.00000196. The first-order valence-electron chi connectivity index (χ1n) is 9.09. The SMILES string of the molecule is CCOC1CC(N)(C(=O)NCc2ccc(Cn3ccnc3)cc2)C1(C)C.Cl.Cl. The smallest absolute Gasteiger partial charge is 0.241 e. The number of halogens is 2. The first kappa shape index (κ1) is 24.4. The number of nitrogens with zero attached hydrogens (tertiary/aromatic N) is 2. The third-order valence-electron chi connectivity index (χ3n) is 5.64. The molecule has 2 unspecified atom stereocenters. The Morgan fingerprint density at radius 3 is 2.46 bits per heavy atom. The van der Waals surface area contributed by atoms with Crippen LogP contribution in [0.2, 0.25) is 0 Å². The Bertz CT molecular complexity index is 750. The first-order valence-corrected chi connectivity index (χ1v) is 9.09. The molecule has 1 aliphatic carbocycles. The second-order valence-corrected chi connectivity index (χ2v) is 7.58. The van der Waals surface area contributed by atoms with Crippen molar-refractivity contribution in [2.45, 2.75) is 51.9 Å². The number of benzene rings is 1. The zero-order valence-electron chi connectivity index (χ0n) is 16.6. The zero-order valence-corrected chi connectivity index (χ0v) is 18.2. The summed E-state index contributed by atoms with van der Waals surface area (Å²) in [5, 5.41) is 2.99. The van der Waals surface area contributed by atoms with Gasteiger partial charge in [0.1, 0.15) is 5.54 Å². The molecular weight excluding hydrogens is 399 g/mol. The van der Waals surface area contributed by atoms with Crippen molar-refractivity contribution in [3.05, 3.63) is 54.1 Å². The van der Waals surface area contributed by atoms with Crippen molar-refractivity contribution in [2.24, 2.45) is 11.1 Å². The van der Waals surface area contributed by atoms with Crippen molar-refractivity contribution in [1.29, 1.82) is 0 Å². The maximum atomic E-state index is 12.7. The quantitative estimate of drug-likeness (QED) is 0.709. The third kappa shape index (κ3) is 4.69. The number of carbonyl (C=O) groups is 1. The molecule has 6 nitrogen and oxygen atoms in total. The summed E-state index contributed by atoms with van der Waals surface area (Å²) in [5.74, 6) is -0.110. The largest absolute Gasteiger partial charge is 0.378 e. The van der Waals surface area contributed by atoms with Gasteiger partial charge < -0.3 is 20.4 Å². The summed E-state index contributed by atoms with van der Waals surface area (Å²) in [6, 6.07) is 8.20. The molecule has 3 rings (SSSR count). The van der Waals surface area contributed by atoms with Crippen LogP contribution in [0.15, 0.2) is 43.0 Å². The van der Waals surface area contributed by atoms with Crippen molar-refractivity contribution in [3.8, 4) is 0 Å². The Kier molecular flexibility index (Phi) is 8.50. The van der Waals surface area contributed by atoms with Crippen molar-refractivity contribution in [3.63, 3.8) is 0 Å². The normalized spacial score (nSPS) is 22.4. The average molecular weight is 429 g/mol. The van der Waals surface area contributed by atoms with Gasteiger partial charge in [-0.3, -0.25) is 4.79 Å². The number of ether oxygens (including phenoxy) is 1. The lowest BCUT2D eigenvalue weighted by molar-refractivity contribution is -0.170. The molecule has 1 amide bonds. The number of rotatable bonds is 7. The molecule has 0 radical (unpaired) electrons. The summed E-state index contributed by atoms with van der Waals surface area (Å²) in [4.78, 5) is 16.7. The molecule has 0 aliphatic heterocycles. The van der Waals surface area contributed by atoms with Gasteiger partial charge in [0.15, 0.2) is 0 Å². The fourth-order valence-electron chi connectivity index (χ4n) is 3.51. The van der Waals surface area contributed by atoms with Crippen molar-refractivity contribution in [1.82, 2.24) is 14.9 Å². The number of hydrogen-bond donors (Lipinski definition) is 2. The zero-order chi connectivity index (χ0) is 18.8. The molecule has 0 saturated heterocycles. The van der Waals surface area contributed by atoms with Crippen LogP contribution in [-0.2, 0) is 22.6 Å². The van der Waals surface area contributed by atoms with Crippen LogP contribution in [0.5, 0.6) is 0 Å². The molecule has 3 N–H and O–H groups in total. The van der Waals surface area contributed by atoms with Crippen LogP contribution in [0.3, 0.4) is 0 Å². The van der Waals surface area contributed by atoms with Gasteiger partial charge in [0, 0.05) is 43.9 Å². The second kappa shape index (κ2) is 9.74. The average Bonchev–Trinajstić information content (AvgIpc) is 3.13. The second-order valence-electron chi connectivity index (χ2n) is 7.58. The molecule has 2 aromatic rings. The highest BCUT2D eigenvalue weighted by atomic mass is 35.5. The van der Waals surface area contributed by atoms with E-state index in [9.17, 15) is 4.79 Å². The molecule has 1 aliphatic rings. The van der Waals surface area contributed by atoms with Gasteiger partial charge in [0.25, 0.3) is 0 Å². The Morgan fingerprint density at radius 1 is 1.29 bits per heavy atom. The first-order chi connectivity index (χ1) is 12.4. The van der Waals surface area contributed by atoms with E-state index >= 15 is 0 Å². The molecule has 28 heavy (non-hydrogen) atoms. The molecule has 0 bridgehead atoms. The minimum absolute atomic E-state index is 0. The van der Waals surface area contributed by atoms with E-state index in [1.807, 2.05) is 43.7 Å².